The first-order valence-corrected chi connectivity index (χ1v) is 8.00. The first-order valence-electron chi connectivity index (χ1n) is 6.80. The van der Waals surface area contributed by atoms with E-state index in [1.54, 1.807) is 6.07 Å². The van der Waals surface area contributed by atoms with Gasteiger partial charge in [0.2, 0.25) is 0 Å². The van der Waals surface area contributed by atoms with Crippen LogP contribution in [0.15, 0.2) is 52.3 Å². The van der Waals surface area contributed by atoms with Crippen molar-refractivity contribution in [2.24, 2.45) is 0 Å². The summed E-state index contributed by atoms with van der Waals surface area (Å²) < 4.78 is 13.2. The van der Waals surface area contributed by atoms with Gasteiger partial charge in [-0.05, 0) is 56.7 Å². The fourth-order valence-corrected chi connectivity index (χ4v) is 2.98. The van der Waals surface area contributed by atoms with Gasteiger partial charge >= 0.3 is 0 Å². The van der Waals surface area contributed by atoms with E-state index in [1.165, 1.54) is 23.9 Å². The first-order chi connectivity index (χ1) is 9.83. The first kappa shape index (κ1) is 16.3. The Morgan fingerprint density at radius 2 is 1.81 bits per heavy atom. The van der Waals surface area contributed by atoms with E-state index in [4.69, 9.17) is 11.6 Å². The van der Waals surface area contributed by atoms with Crippen molar-refractivity contribution >= 4 is 23.4 Å². The van der Waals surface area contributed by atoms with Gasteiger partial charge in [-0.2, -0.15) is 0 Å². The van der Waals surface area contributed by atoms with Crippen LogP contribution in [-0.4, -0.2) is 5.54 Å². The Labute approximate surface area is 134 Å². The lowest BCUT2D eigenvalue weighted by atomic mass is 10.1. The highest BCUT2D eigenvalue weighted by Crippen LogP contribution is 2.31. The summed E-state index contributed by atoms with van der Waals surface area (Å²) in [6.07, 6.45) is 0. The van der Waals surface area contributed by atoms with Gasteiger partial charge in [0, 0.05) is 26.9 Å². The van der Waals surface area contributed by atoms with Crippen molar-refractivity contribution in [2.75, 3.05) is 0 Å². The van der Waals surface area contributed by atoms with Gasteiger partial charge in [0.25, 0.3) is 0 Å². The maximum Gasteiger partial charge on any atom is 0.124 e. The highest BCUT2D eigenvalue weighted by Gasteiger charge is 2.10. The van der Waals surface area contributed by atoms with E-state index in [-0.39, 0.29) is 11.4 Å². The zero-order chi connectivity index (χ0) is 15.5. The number of benzene rings is 2. The molecule has 4 heteroatoms. The molecular weight excluding hydrogens is 305 g/mol. The second-order valence-corrected chi connectivity index (χ2v) is 7.47. The summed E-state index contributed by atoms with van der Waals surface area (Å²) >= 11 is 7.83. The third-order valence-corrected chi connectivity index (χ3v) is 4.20. The molecule has 0 aliphatic carbocycles. The summed E-state index contributed by atoms with van der Waals surface area (Å²) in [5.74, 6) is -0.225. The van der Waals surface area contributed by atoms with E-state index in [0.29, 0.717) is 0 Å². The maximum atomic E-state index is 13.2. The molecule has 0 saturated carbocycles. The van der Waals surface area contributed by atoms with Crippen LogP contribution in [0.25, 0.3) is 0 Å². The summed E-state index contributed by atoms with van der Waals surface area (Å²) in [4.78, 5) is 1.87. The molecule has 2 aromatic rings. The van der Waals surface area contributed by atoms with Gasteiger partial charge in [0.1, 0.15) is 5.82 Å². The molecule has 2 rings (SSSR count). The predicted octanol–water partition coefficient (Wildman–Crippen LogP) is 5.52. The van der Waals surface area contributed by atoms with E-state index < -0.39 is 0 Å². The summed E-state index contributed by atoms with van der Waals surface area (Å²) in [6, 6.07) is 12.5. The van der Waals surface area contributed by atoms with Gasteiger partial charge in [-0.15, -0.1) is 0 Å². The van der Waals surface area contributed by atoms with E-state index >= 15 is 0 Å². The molecular formula is C17H19ClFNS. The molecule has 0 spiro atoms. The average Bonchev–Trinajstić information content (AvgIpc) is 2.36. The molecule has 112 valence electrons. The molecule has 2 aromatic carbocycles. The van der Waals surface area contributed by atoms with Crippen molar-refractivity contribution in [2.45, 2.75) is 42.6 Å². The van der Waals surface area contributed by atoms with Crippen LogP contribution in [0, 0.1) is 5.82 Å². The van der Waals surface area contributed by atoms with Crippen LogP contribution in [0.5, 0.6) is 0 Å². The number of nitrogens with one attached hydrogen (secondary N) is 1. The zero-order valence-corrected chi connectivity index (χ0v) is 14.0. The molecule has 0 atom stereocenters. The van der Waals surface area contributed by atoms with E-state index in [0.717, 1.165) is 26.9 Å². The Bertz CT molecular complexity index is 622. The second kappa shape index (κ2) is 6.82. The van der Waals surface area contributed by atoms with Crippen LogP contribution in [0.2, 0.25) is 5.02 Å². The van der Waals surface area contributed by atoms with Gasteiger partial charge in [-0.1, -0.05) is 35.5 Å². The fourth-order valence-electron chi connectivity index (χ4n) is 1.76. The zero-order valence-electron chi connectivity index (χ0n) is 12.4. The smallest absolute Gasteiger partial charge is 0.124 e. The van der Waals surface area contributed by atoms with Crippen molar-refractivity contribution in [3.8, 4) is 0 Å². The molecule has 0 aliphatic rings. The Morgan fingerprint density at radius 3 is 2.43 bits per heavy atom. The Hall–Kier alpha value is -1.03. The molecule has 0 unspecified atom stereocenters. The minimum absolute atomic E-state index is 0.0539. The van der Waals surface area contributed by atoms with Gasteiger partial charge < -0.3 is 5.32 Å². The lowest BCUT2D eigenvalue weighted by Gasteiger charge is -2.21. The molecule has 0 aliphatic heterocycles. The largest absolute Gasteiger partial charge is 0.308 e. The summed E-state index contributed by atoms with van der Waals surface area (Å²) in [5.41, 5.74) is 1.12. The summed E-state index contributed by atoms with van der Waals surface area (Å²) in [7, 11) is 0. The molecule has 0 heterocycles. The van der Waals surface area contributed by atoms with Crippen LogP contribution >= 0.6 is 23.4 Å². The molecule has 0 fully saturated rings. The fraction of sp³-hybridized carbons (Fsp3) is 0.294. The van der Waals surface area contributed by atoms with E-state index in [9.17, 15) is 4.39 Å². The monoisotopic (exact) mass is 323 g/mol. The number of hydrogen-bond donors (Lipinski definition) is 1. The lowest BCUT2D eigenvalue weighted by Crippen LogP contribution is -2.35. The van der Waals surface area contributed by atoms with Crippen molar-refractivity contribution in [1.29, 1.82) is 0 Å². The van der Waals surface area contributed by atoms with Crippen molar-refractivity contribution < 1.29 is 4.39 Å². The third-order valence-electron chi connectivity index (χ3n) is 2.87. The van der Waals surface area contributed by atoms with E-state index in [2.05, 4.69) is 26.1 Å². The number of halogens is 2. The number of hydrogen-bond acceptors (Lipinski definition) is 2. The molecule has 1 nitrogen and oxygen atoms in total. The van der Waals surface area contributed by atoms with Crippen molar-refractivity contribution in [1.82, 2.24) is 5.32 Å². The van der Waals surface area contributed by atoms with E-state index in [1.807, 2.05) is 24.3 Å². The van der Waals surface area contributed by atoms with Gasteiger partial charge in [-0.25, -0.2) is 4.39 Å². The Balaban J connectivity index is 2.08. The standard InChI is InChI=1S/C17H19ClFNS/c1-17(2,3)20-11-12-7-8-15(10-16(12)18)21-14-6-4-5-13(19)9-14/h4-10,20H,11H2,1-3H3. The highest BCUT2D eigenvalue weighted by atomic mass is 35.5. The highest BCUT2D eigenvalue weighted by molar-refractivity contribution is 7.99. The number of rotatable bonds is 4. The molecule has 21 heavy (non-hydrogen) atoms. The van der Waals surface area contributed by atoms with Crippen molar-refractivity contribution in [3.05, 3.63) is 58.9 Å². The quantitative estimate of drug-likeness (QED) is 0.795. The van der Waals surface area contributed by atoms with Crippen LogP contribution in [0.4, 0.5) is 4.39 Å². The molecule has 0 amide bonds. The van der Waals surface area contributed by atoms with Gasteiger partial charge in [0.05, 0.1) is 0 Å². The Kier molecular flexibility index (Phi) is 5.31. The molecule has 0 saturated heterocycles. The molecule has 0 aromatic heterocycles. The summed E-state index contributed by atoms with van der Waals surface area (Å²) in [5, 5.41) is 4.14. The van der Waals surface area contributed by atoms with Crippen LogP contribution < -0.4 is 5.32 Å². The second-order valence-electron chi connectivity index (χ2n) is 5.92. The lowest BCUT2D eigenvalue weighted by molar-refractivity contribution is 0.424. The summed E-state index contributed by atoms with van der Waals surface area (Å²) in [6.45, 7) is 7.09. The van der Waals surface area contributed by atoms with Crippen LogP contribution in [0.1, 0.15) is 26.3 Å². The van der Waals surface area contributed by atoms with Crippen molar-refractivity contribution in [3.63, 3.8) is 0 Å². The normalized spacial score (nSPS) is 11.7. The Morgan fingerprint density at radius 1 is 1.10 bits per heavy atom. The SMILES string of the molecule is CC(C)(C)NCc1ccc(Sc2cccc(F)c2)cc1Cl. The minimum Gasteiger partial charge on any atom is -0.308 e. The topological polar surface area (TPSA) is 12.0 Å². The maximum absolute atomic E-state index is 13.2. The molecule has 0 bridgehead atoms. The molecule has 0 radical (unpaired) electrons. The third kappa shape index (κ3) is 5.34. The van der Waals surface area contributed by atoms with Crippen LogP contribution in [0.3, 0.4) is 0 Å². The van der Waals surface area contributed by atoms with Crippen LogP contribution in [-0.2, 0) is 6.54 Å². The average molecular weight is 324 g/mol. The van der Waals surface area contributed by atoms with Gasteiger partial charge in [0.15, 0.2) is 0 Å². The minimum atomic E-state index is -0.225. The van der Waals surface area contributed by atoms with Gasteiger partial charge in [-0.3, -0.25) is 0 Å². The molecule has 1 N–H and O–H groups in total. The predicted molar refractivity (Wildman–Crippen MR) is 88.6 cm³/mol.